The molecule has 0 aromatic rings. The van der Waals surface area contributed by atoms with Gasteiger partial charge in [-0.3, -0.25) is 0 Å². The van der Waals surface area contributed by atoms with Gasteiger partial charge >= 0.3 is 0 Å². The molecule has 17 heavy (non-hydrogen) atoms. The molecule has 100 valence electrons. The van der Waals surface area contributed by atoms with Crippen molar-refractivity contribution in [1.29, 1.82) is 0 Å². The third kappa shape index (κ3) is 4.59. The van der Waals surface area contributed by atoms with Gasteiger partial charge in [-0.25, -0.2) is 0 Å². The van der Waals surface area contributed by atoms with E-state index in [1.807, 2.05) is 7.11 Å². The quantitative estimate of drug-likeness (QED) is 0.656. The molecule has 0 radical (unpaired) electrons. The molecule has 0 amide bonds. The van der Waals surface area contributed by atoms with E-state index in [2.05, 4.69) is 5.32 Å². The number of ether oxygens (including phenoxy) is 1. The predicted molar refractivity (Wildman–Crippen MR) is 72.2 cm³/mol. The van der Waals surface area contributed by atoms with Crippen LogP contribution in [0.15, 0.2) is 0 Å². The van der Waals surface area contributed by atoms with Gasteiger partial charge in [0.05, 0.1) is 0 Å². The van der Waals surface area contributed by atoms with Crippen molar-refractivity contribution in [2.45, 2.75) is 57.8 Å². The Bertz CT molecular complexity index is 207. The summed E-state index contributed by atoms with van der Waals surface area (Å²) < 4.78 is 5.19. The van der Waals surface area contributed by atoms with E-state index in [9.17, 15) is 0 Å². The van der Waals surface area contributed by atoms with Gasteiger partial charge in [0.15, 0.2) is 0 Å². The summed E-state index contributed by atoms with van der Waals surface area (Å²) >= 11 is 0. The zero-order chi connectivity index (χ0) is 12.0. The van der Waals surface area contributed by atoms with Crippen LogP contribution in [0.25, 0.3) is 0 Å². The van der Waals surface area contributed by atoms with Crippen molar-refractivity contribution < 1.29 is 4.74 Å². The van der Waals surface area contributed by atoms with Crippen LogP contribution in [0.1, 0.15) is 57.8 Å². The van der Waals surface area contributed by atoms with E-state index in [-0.39, 0.29) is 0 Å². The van der Waals surface area contributed by atoms with Crippen LogP contribution in [-0.2, 0) is 4.74 Å². The standard InChI is InChI=1S/C15H29NO/c1-17-12-10-15(8-9-15)13-16-11-7-14-5-3-2-4-6-14/h14,16H,2-13H2,1H3. The number of nitrogens with one attached hydrogen (secondary N) is 1. The van der Waals surface area contributed by atoms with Gasteiger partial charge in [-0.2, -0.15) is 0 Å². The van der Waals surface area contributed by atoms with Crippen LogP contribution in [0.3, 0.4) is 0 Å². The maximum atomic E-state index is 5.19. The van der Waals surface area contributed by atoms with E-state index in [1.165, 1.54) is 70.9 Å². The lowest BCUT2D eigenvalue weighted by Gasteiger charge is -2.22. The minimum atomic E-state index is 0.614. The average molecular weight is 239 g/mol. The average Bonchev–Trinajstić information content (AvgIpc) is 3.14. The fourth-order valence-electron chi connectivity index (χ4n) is 3.15. The number of methoxy groups -OCH3 is 1. The highest BCUT2D eigenvalue weighted by Gasteiger charge is 2.41. The number of hydrogen-bond acceptors (Lipinski definition) is 2. The van der Waals surface area contributed by atoms with Crippen LogP contribution >= 0.6 is 0 Å². The van der Waals surface area contributed by atoms with Crippen molar-refractivity contribution in [3.05, 3.63) is 0 Å². The Morgan fingerprint density at radius 1 is 1.18 bits per heavy atom. The van der Waals surface area contributed by atoms with Gasteiger partial charge in [0.25, 0.3) is 0 Å². The Labute approximate surface area is 107 Å². The Hall–Kier alpha value is -0.0800. The van der Waals surface area contributed by atoms with E-state index in [0.29, 0.717) is 5.41 Å². The molecule has 2 aliphatic rings. The van der Waals surface area contributed by atoms with Crippen molar-refractivity contribution in [3.8, 4) is 0 Å². The van der Waals surface area contributed by atoms with Crippen LogP contribution < -0.4 is 5.32 Å². The van der Waals surface area contributed by atoms with Crippen molar-refractivity contribution >= 4 is 0 Å². The van der Waals surface area contributed by atoms with Crippen LogP contribution in [0, 0.1) is 11.3 Å². The van der Waals surface area contributed by atoms with E-state index < -0.39 is 0 Å². The van der Waals surface area contributed by atoms with Crippen molar-refractivity contribution in [1.82, 2.24) is 5.32 Å². The summed E-state index contributed by atoms with van der Waals surface area (Å²) in [6, 6.07) is 0. The fraction of sp³-hybridized carbons (Fsp3) is 1.00. The Balaban J connectivity index is 1.50. The largest absolute Gasteiger partial charge is 0.385 e. The molecule has 0 spiro atoms. The second-order valence-electron chi connectivity index (χ2n) is 6.21. The van der Waals surface area contributed by atoms with Gasteiger partial charge < -0.3 is 10.1 Å². The zero-order valence-corrected chi connectivity index (χ0v) is 11.5. The molecule has 1 N–H and O–H groups in total. The van der Waals surface area contributed by atoms with Crippen LogP contribution in [-0.4, -0.2) is 26.8 Å². The van der Waals surface area contributed by atoms with E-state index in [0.717, 1.165) is 12.5 Å². The Morgan fingerprint density at radius 3 is 2.59 bits per heavy atom. The minimum absolute atomic E-state index is 0.614. The second-order valence-corrected chi connectivity index (χ2v) is 6.21. The molecule has 2 rings (SSSR count). The molecule has 0 aliphatic heterocycles. The smallest absolute Gasteiger partial charge is 0.0468 e. The lowest BCUT2D eigenvalue weighted by atomic mass is 9.87. The van der Waals surface area contributed by atoms with Crippen molar-refractivity contribution in [2.75, 3.05) is 26.8 Å². The highest BCUT2D eigenvalue weighted by Crippen LogP contribution is 2.48. The van der Waals surface area contributed by atoms with Crippen LogP contribution in [0.5, 0.6) is 0 Å². The zero-order valence-electron chi connectivity index (χ0n) is 11.5. The molecule has 0 aromatic heterocycles. The van der Waals surface area contributed by atoms with E-state index >= 15 is 0 Å². The van der Waals surface area contributed by atoms with Gasteiger partial charge in [-0.15, -0.1) is 0 Å². The third-order valence-corrected chi connectivity index (χ3v) is 4.75. The molecule has 2 fully saturated rings. The first-order valence-electron chi connectivity index (χ1n) is 7.54. The maximum absolute atomic E-state index is 5.19. The summed E-state index contributed by atoms with van der Waals surface area (Å²) in [5.41, 5.74) is 0.614. The second kappa shape index (κ2) is 6.75. The summed E-state index contributed by atoms with van der Waals surface area (Å²) in [6.45, 7) is 3.40. The lowest BCUT2D eigenvalue weighted by molar-refractivity contribution is 0.171. The highest BCUT2D eigenvalue weighted by atomic mass is 16.5. The lowest BCUT2D eigenvalue weighted by Crippen LogP contribution is -2.27. The number of rotatable bonds is 8. The summed E-state index contributed by atoms with van der Waals surface area (Å²) in [6.07, 6.45) is 12.9. The molecule has 0 atom stereocenters. The van der Waals surface area contributed by atoms with Gasteiger partial charge in [0.2, 0.25) is 0 Å². The van der Waals surface area contributed by atoms with Crippen LogP contribution in [0.2, 0.25) is 0 Å². The van der Waals surface area contributed by atoms with Gasteiger partial charge in [0.1, 0.15) is 0 Å². The molecular weight excluding hydrogens is 210 g/mol. The highest BCUT2D eigenvalue weighted by molar-refractivity contribution is 4.94. The maximum Gasteiger partial charge on any atom is 0.0468 e. The first-order valence-corrected chi connectivity index (χ1v) is 7.54. The van der Waals surface area contributed by atoms with E-state index in [1.54, 1.807) is 0 Å². The summed E-state index contributed by atoms with van der Waals surface area (Å²) in [5, 5.41) is 3.69. The van der Waals surface area contributed by atoms with Crippen LogP contribution in [0.4, 0.5) is 0 Å². The summed E-state index contributed by atoms with van der Waals surface area (Å²) in [5.74, 6) is 1.02. The predicted octanol–water partition coefficient (Wildman–Crippen LogP) is 3.36. The number of hydrogen-bond donors (Lipinski definition) is 1. The molecule has 0 unspecified atom stereocenters. The normalized spacial score (nSPS) is 23.8. The van der Waals surface area contributed by atoms with E-state index in [4.69, 9.17) is 4.74 Å². The first kappa shape index (κ1) is 13.4. The molecular formula is C15H29NO. The summed E-state index contributed by atoms with van der Waals surface area (Å²) in [4.78, 5) is 0. The molecule has 0 heterocycles. The SMILES string of the molecule is COCCC1(CNCCC2CCCCC2)CC1. The third-order valence-electron chi connectivity index (χ3n) is 4.75. The van der Waals surface area contributed by atoms with Crippen molar-refractivity contribution in [3.63, 3.8) is 0 Å². The topological polar surface area (TPSA) is 21.3 Å². The van der Waals surface area contributed by atoms with Gasteiger partial charge in [-0.05, 0) is 43.6 Å². The fourth-order valence-corrected chi connectivity index (χ4v) is 3.15. The Kier molecular flexibility index (Phi) is 5.30. The molecule has 2 aliphatic carbocycles. The molecule has 0 bridgehead atoms. The molecule has 2 saturated carbocycles. The monoisotopic (exact) mass is 239 g/mol. The first-order chi connectivity index (χ1) is 8.35. The molecule has 0 aromatic carbocycles. The molecule has 2 nitrogen and oxygen atoms in total. The van der Waals surface area contributed by atoms with Gasteiger partial charge in [0, 0.05) is 20.3 Å². The Morgan fingerprint density at radius 2 is 1.94 bits per heavy atom. The molecule has 0 saturated heterocycles. The van der Waals surface area contributed by atoms with Gasteiger partial charge in [-0.1, -0.05) is 32.1 Å². The molecule has 2 heteroatoms. The minimum Gasteiger partial charge on any atom is -0.385 e. The summed E-state index contributed by atoms with van der Waals surface area (Å²) in [7, 11) is 1.81. The van der Waals surface area contributed by atoms with Crippen molar-refractivity contribution in [2.24, 2.45) is 11.3 Å².